The van der Waals surface area contributed by atoms with Crippen molar-refractivity contribution >= 4 is 128 Å². The molecule has 6 heterocycles. The molecule has 24 rings (SSSR count). The molecular weight excluding hydrogens is 1350 g/mol. The molecular formula is C100H54N4O2S2. The second-order valence-electron chi connectivity index (χ2n) is 28.7. The lowest BCUT2D eigenvalue weighted by Gasteiger charge is -2.15. The van der Waals surface area contributed by atoms with E-state index >= 15 is 0 Å². The molecule has 0 N–H and O–H groups in total. The van der Waals surface area contributed by atoms with E-state index < -0.39 is 0 Å². The number of nitrogens with zero attached hydrogens (tertiary/aromatic N) is 4. The Kier molecular flexibility index (Phi) is 12.6. The smallest absolute Gasteiger partial charge is 0.160 e. The lowest BCUT2D eigenvalue weighted by Crippen LogP contribution is -1.98. The zero-order valence-electron chi connectivity index (χ0n) is 57.6. The molecule has 0 saturated carbocycles. The van der Waals surface area contributed by atoms with Crippen molar-refractivity contribution in [2.24, 2.45) is 0 Å². The Morgan fingerprint density at radius 1 is 0.194 bits per heavy atom. The average molecular weight is 1410 g/mol. The van der Waals surface area contributed by atoms with Crippen LogP contribution in [0.4, 0.5) is 0 Å². The molecule has 2 aliphatic rings. The van der Waals surface area contributed by atoms with Gasteiger partial charge in [-0.1, -0.05) is 206 Å². The summed E-state index contributed by atoms with van der Waals surface area (Å²) < 4.78 is 17.8. The second-order valence-corrected chi connectivity index (χ2v) is 30.8. The third-order valence-corrected chi connectivity index (χ3v) is 24.8. The van der Waals surface area contributed by atoms with Crippen LogP contribution in [0.25, 0.3) is 251 Å². The van der Waals surface area contributed by atoms with Crippen LogP contribution in [0.15, 0.2) is 336 Å². The summed E-state index contributed by atoms with van der Waals surface area (Å²) in [6.45, 7) is 0. The molecule has 22 aromatic rings. The van der Waals surface area contributed by atoms with Gasteiger partial charge in [0.05, 0.1) is 22.8 Å². The molecule has 0 bridgehead atoms. The number of furan rings is 2. The first kappa shape index (κ1) is 59.6. The summed E-state index contributed by atoms with van der Waals surface area (Å²) in [4.78, 5) is 22.7. The Balaban J connectivity index is 0.647. The van der Waals surface area contributed by atoms with Gasteiger partial charge in [-0.25, -0.2) is 19.9 Å². The van der Waals surface area contributed by atoms with Crippen molar-refractivity contribution in [3.63, 3.8) is 0 Å². The molecule has 8 heteroatoms. The van der Waals surface area contributed by atoms with E-state index in [4.69, 9.17) is 28.8 Å². The minimum atomic E-state index is 0.646. The van der Waals surface area contributed by atoms with E-state index in [1.807, 2.05) is 46.9 Å². The Morgan fingerprint density at radius 2 is 0.583 bits per heavy atom. The largest absolute Gasteiger partial charge is 0.456 e. The second kappa shape index (κ2) is 22.9. The molecule has 6 aromatic heterocycles. The van der Waals surface area contributed by atoms with Crippen LogP contribution in [0.5, 0.6) is 0 Å². The quantitative estimate of drug-likeness (QED) is 0.143. The average Bonchev–Trinajstić information content (AvgIpc) is 1.56. The van der Waals surface area contributed by atoms with Crippen LogP contribution in [-0.4, -0.2) is 19.9 Å². The van der Waals surface area contributed by atoms with Gasteiger partial charge in [-0.15, -0.1) is 22.7 Å². The van der Waals surface area contributed by atoms with Crippen molar-refractivity contribution < 1.29 is 8.83 Å². The lowest BCUT2D eigenvalue weighted by molar-refractivity contribution is 0.668. The fourth-order valence-electron chi connectivity index (χ4n) is 17.5. The minimum absolute atomic E-state index is 0.646. The number of para-hydroxylation sites is 2. The Hall–Kier alpha value is -13.8. The zero-order chi connectivity index (χ0) is 70.4. The molecule has 498 valence electrons. The van der Waals surface area contributed by atoms with Crippen molar-refractivity contribution in [2.75, 3.05) is 0 Å². The Labute approximate surface area is 626 Å². The first-order valence-corrected chi connectivity index (χ1v) is 38.1. The van der Waals surface area contributed by atoms with E-state index in [2.05, 4.69) is 303 Å². The van der Waals surface area contributed by atoms with Gasteiger partial charge in [-0.3, -0.25) is 0 Å². The molecule has 0 radical (unpaired) electrons. The summed E-state index contributed by atoms with van der Waals surface area (Å²) in [6.07, 6.45) is 0. The molecule has 0 aliphatic heterocycles. The highest BCUT2D eigenvalue weighted by Crippen LogP contribution is 2.55. The van der Waals surface area contributed by atoms with Crippen molar-refractivity contribution in [1.82, 2.24) is 19.9 Å². The van der Waals surface area contributed by atoms with E-state index in [1.165, 1.54) is 62.1 Å². The van der Waals surface area contributed by atoms with E-state index in [0.29, 0.717) is 11.6 Å². The van der Waals surface area contributed by atoms with Gasteiger partial charge in [-0.05, 0) is 210 Å². The summed E-state index contributed by atoms with van der Waals surface area (Å²) >= 11 is 3.69. The van der Waals surface area contributed by atoms with Gasteiger partial charge in [0.25, 0.3) is 0 Å². The summed E-state index contributed by atoms with van der Waals surface area (Å²) in [5.41, 5.74) is 28.7. The fraction of sp³-hybridized carbons (Fsp3) is 0. The first-order valence-electron chi connectivity index (χ1n) is 36.5. The predicted molar refractivity (Wildman–Crippen MR) is 451 cm³/mol. The Bertz CT molecular complexity index is 7550. The molecule has 0 unspecified atom stereocenters. The van der Waals surface area contributed by atoms with Crippen molar-refractivity contribution in [2.45, 2.75) is 0 Å². The van der Waals surface area contributed by atoms with E-state index in [9.17, 15) is 0 Å². The van der Waals surface area contributed by atoms with Crippen molar-refractivity contribution in [3.8, 4) is 146 Å². The third-order valence-electron chi connectivity index (χ3n) is 22.5. The van der Waals surface area contributed by atoms with Crippen LogP contribution < -0.4 is 0 Å². The van der Waals surface area contributed by atoms with E-state index in [-0.39, 0.29) is 0 Å². The fourth-order valence-corrected chi connectivity index (χ4v) is 19.7. The van der Waals surface area contributed by atoms with Crippen molar-refractivity contribution in [3.05, 3.63) is 328 Å². The van der Waals surface area contributed by atoms with Gasteiger partial charge in [-0.2, -0.15) is 0 Å². The number of benzene rings is 16. The Morgan fingerprint density at radius 3 is 1.15 bits per heavy atom. The maximum absolute atomic E-state index is 6.37. The molecule has 16 aromatic carbocycles. The van der Waals surface area contributed by atoms with Crippen LogP contribution in [0, 0.1) is 0 Å². The van der Waals surface area contributed by atoms with Crippen LogP contribution >= 0.6 is 22.7 Å². The van der Waals surface area contributed by atoms with Gasteiger partial charge < -0.3 is 8.83 Å². The number of hydrogen-bond donors (Lipinski definition) is 0. The van der Waals surface area contributed by atoms with Gasteiger partial charge >= 0.3 is 0 Å². The minimum Gasteiger partial charge on any atom is -0.456 e. The first-order chi connectivity index (χ1) is 53.4. The number of fused-ring (bicyclic) bond motifs is 18. The number of rotatable bonds is 9. The monoisotopic (exact) mass is 1410 g/mol. The standard InChI is InChI=1S/C100H54N4O2S2/c1-3-16-56(17-4-1)95-93-75-26-13-20-55-21-14-28-77(91(55)75)97(93)103-99(101-95)69-47-66(60-35-40-88-80(51-60)73-25-9-12-31-87(73)107-88)44-67(48-69)61-36-41-89-81(52-61)74-37-32-62(54-90(74)108-89)68-42-63-22-15-27-76-92(63)82(53-68)98-94(76)96(57-18-5-2-6-19-57)102-100(104-98)70-45-64(58-33-38-85-78(49-58)71-23-7-10-29-83(71)105-85)43-65(46-70)59-34-39-86-79(50-59)72-24-8-11-30-84(72)106-86/h1-54H. The molecule has 0 amide bonds. The molecule has 0 saturated heterocycles. The summed E-state index contributed by atoms with van der Waals surface area (Å²) in [5, 5.41) is 14.0. The molecule has 6 nitrogen and oxygen atoms in total. The third kappa shape index (κ3) is 9.12. The number of aromatic nitrogens is 4. The highest BCUT2D eigenvalue weighted by atomic mass is 32.1. The molecule has 0 fully saturated rings. The highest BCUT2D eigenvalue weighted by Gasteiger charge is 2.32. The van der Waals surface area contributed by atoms with Gasteiger partial charge in [0.15, 0.2) is 11.6 Å². The SMILES string of the molecule is c1ccc(-c2nc(-c3cc(-c4ccc5sc6ccccc6c5c4)cc(-c4ccc5sc6cc(-c7cc8c9c(cccc9c7)-c7c(-c9ccccc9)nc(-c9cc(-c%10ccc%11oc%12ccccc%12c%11c%10)cc(-c%10ccc%11oc%12ccccc%12c%11c%10)c9)nc7-8)ccc6c5c4)c3)nc3c2-c2cccc4cccc-3c24)cc1. The molecule has 108 heavy (non-hydrogen) atoms. The lowest BCUT2D eigenvalue weighted by atomic mass is 9.93. The maximum atomic E-state index is 6.37. The van der Waals surface area contributed by atoms with Crippen LogP contribution in [0.1, 0.15) is 0 Å². The van der Waals surface area contributed by atoms with Gasteiger partial charge in [0.2, 0.25) is 0 Å². The molecule has 0 spiro atoms. The van der Waals surface area contributed by atoms with E-state index in [1.54, 1.807) is 0 Å². The maximum Gasteiger partial charge on any atom is 0.160 e. The van der Waals surface area contributed by atoms with Gasteiger partial charge in [0.1, 0.15) is 22.3 Å². The van der Waals surface area contributed by atoms with Gasteiger partial charge in [0, 0.05) is 106 Å². The van der Waals surface area contributed by atoms with Crippen LogP contribution in [0.3, 0.4) is 0 Å². The van der Waals surface area contributed by atoms with Crippen LogP contribution in [0.2, 0.25) is 0 Å². The topological polar surface area (TPSA) is 77.8 Å². The predicted octanol–water partition coefficient (Wildman–Crippen LogP) is 28.4. The molecule has 0 atom stereocenters. The number of hydrogen-bond acceptors (Lipinski definition) is 8. The highest BCUT2D eigenvalue weighted by molar-refractivity contribution is 7.26. The summed E-state index contributed by atoms with van der Waals surface area (Å²) in [5.74, 6) is 1.34. The van der Waals surface area contributed by atoms with E-state index in [0.717, 1.165) is 178 Å². The number of thiophene rings is 2. The van der Waals surface area contributed by atoms with Crippen LogP contribution in [-0.2, 0) is 0 Å². The normalized spacial score (nSPS) is 12.3. The summed E-state index contributed by atoms with van der Waals surface area (Å²) in [7, 11) is 0. The van der Waals surface area contributed by atoms with Crippen molar-refractivity contribution in [1.29, 1.82) is 0 Å². The summed E-state index contributed by atoms with van der Waals surface area (Å²) in [6, 6.07) is 119. The molecule has 2 aliphatic carbocycles. The zero-order valence-corrected chi connectivity index (χ0v) is 59.2.